The van der Waals surface area contributed by atoms with E-state index in [4.69, 9.17) is 0 Å². The first-order chi connectivity index (χ1) is 9.61. The summed E-state index contributed by atoms with van der Waals surface area (Å²) in [5, 5.41) is 12.6. The highest BCUT2D eigenvalue weighted by molar-refractivity contribution is 5.95. The van der Waals surface area contributed by atoms with E-state index in [1.807, 2.05) is 18.2 Å². The maximum absolute atomic E-state index is 12.3. The van der Waals surface area contributed by atoms with Crippen LogP contribution in [-0.4, -0.2) is 16.0 Å². The molecule has 1 aliphatic rings. The van der Waals surface area contributed by atoms with Gasteiger partial charge in [-0.2, -0.15) is 0 Å². The van der Waals surface area contributed by atoms with E-state index in [0.29, 0.717) is 11.1 Å². The quantitative estimate of drug-likeness (QED) is 0.899. The van der Waals surface area contributed by atoms with Crippen LogP contribution >= 0.6 is 0 Å². The minimum absolute atomic E-state index is 0.128. The number of nitrogens with one attached hydrogen (secondary N) is 1. The molecule has 1 aromatic carbocycles. The summed E-state index contributed by atoms with van der Waals surface area (Å²) in [5.41, 5.74) is 1.84. The number of aryl methyl sites for hydroxylation is 1. The molecule has 0 radical (unpaired) electrons. The van der Waals surface area contributed by atoms with E-state index < -0.39 is 0 Å². The highest BCUT2D eigenvalue weighted by Crippen LogP contribution is 2.44. The van der Waals surface area contributed by atoms with Crippen molar-refractivity contribution in [1.82, 2.24) is 10.3 Å². The predicted octanol–water partition coefficient (Wildman–Crippen LogP) is 2.51. The van der Waals surface area contributed by atoms with Gasteiger partial charge in [0, 0.05) is 11.8 Å². The number of rotatable bonds is 3. The SMILES string of the molecule is Cc1cc(C(=O)NC2(c3ccccn3)CC2)ccc1O. The van der Waals surface area contributed by atoms with Crippen molar-refractivity contribution in [2.75, 3.05) is 0 Å². The van der Waals surface area contributed by atoms with Crippen LogP contribution in [0, 0.1) is 6.92 Å². The molecule has 1 aliphatic carbocycles. The molecule has 2 N–H and O–H groups in total. The second-order valence-corrected chi connectivity index (χ2v) is 5.25. The largest absolute Gasteiger partial charge is 0.508 e. The molecule has 0 saturated heterocycles. The van der Waals surface area contributed by atoms with Crippen LogP contribution in [0.5, 0.6) is 5.75 Å². The van der Waals surface area contributed by atoms with Crippen LogP contribution in [0.2, 0.25) is 0 Å². The molecule has 1 fully saturated rings. The van der Waals surface area contributed by atoms with Gasteiger partial charge in [-0.05, 0) is 55.7 Å². The molecule has 0 aliphatic heterocycles. The summed E-state index contributed by atoms with van der Waals surface area (Å²) >= 11 is 0. The van der Waals surface area contributed by atoms with E-state index in [1.54, 1.807) is 31.3 Å². The van der Waals surface area contributed by atoms with Crippen molar-refractivity contribution in [2.45, 2.75) is 25.3 Å². The highest BCUT2D eigenvalue weighted by atomic mass is 16.3. The number of hydrogen-bond donors (Lipinski definition) is 2. The first kappa shape index (κ1) is 12.7. The second kappa shape index (κ2) is 4.63. The van der Waals surface area contributed by atoms with Gasteiger partial charge in [0.2, 0.25) is 0 Å². The molecule has 0 spiro atoms. The third-order valence-corrected chi connectivity index (χ3v) is 3.72. The molecule has 102 valence electrons. The maximum atomic E-state index is 12.3. The van der Waals surface area contributed by atoms with Gasteiger partial charge >= 0.3 is 0 Å². The smallest absolute Gasteiger partial charge is 0.252 e. The zero-order chi connectivity index (χ0) is 14.2. The van der Waals surface area contributed by atoms with E-state index >= 15 is 0 Å². The molecular weight excluding hydrogens is 252 g/mol. The molecular formula is C16H16N2O2. The van der Waals surface area contributed by atoms with Crippen LogP contribution in [0.3, 0.4) is 0 Å². The fourth-order valence-corrected chi connectivity index (χ4v) is 2.30. The lowest BCUT2D eigenvalue weighted by atomic mass is 10.1. The van der Waals surface area contributed by atoms with Crippen molar-refractivity contribution >= 4 is 5.91 Å². The summed E-state index contributed by atoms with van der Waals surface area (Å²) in [6.45, 7) is 1.78. The zero-order valence-corrected chi connectivity index (χ0v) is 11.3. The van der Waals surface area contributed by atoms with Gasteiger partial charge in [-0.15, -0.1) is 0 Å². The van der Waals surface area contributed by atoms with E-state index in [0.717, 1.165) is 18.5 Å². The molecule has 4 heteroatoms. The zero-order valence-electron chi connectivity index (χ0n) is 11.3. The monoisotopic (exact) mass is 268 g/mol. The van der Waals surface area contributed by atoms with Gasteiger partial charge in [0.25, 0.3) is 5.91 Å². The average molecular weight is 268 g/mol. The number of aromatic nitrogens is 1. The van der Waals surface area contributed by atoms with Gasteiger partial charge < -0.3 is 10.4 Å². The number of hydrogen-bond acceptors (Lipinski definition) is 3. The fourth-order valence-electron chi connectivity index (χ4n) is 2.30. The Morgan fingerprint density at radius 3 is 2.70 bits per heavy atom. The number of aromatic hydroxyl groups is 1. The van der Waals surface area contributed by atoms with E-state index in [2.05, 4.69) is 10.3 Å². The lowest BCUT2D eigenvalue weighted by Crippen LogP contribution is -2.35. The van der Waals surface area contributed by atoms with Crippen LogP contribution in [0.4, 0.5) is 0 Å². The highest BCUT2D eigenvalue weighted by Gasteiger charge is 2.47. The predicted molar refractivity (Wildman–Crippen MR) is 75.5 cm³/mol. The molecule has 1 saturated carbocycles. The van der Waals surface area contributed by atoms with Crippen molar-refractivity contribution < 1.29 is 9.90 Å². The Morgan fingerprint density at radius 1 is 1.30 bits per heavy atom. The van der Waals surface area contributed by atoms with E-state index in [1.165, 1.54) is 0 Å². The number of carbonyl (C=O) groups is 1. The number of amides is 1. The third kappa shape index (κ3) is 2.25. The second-order valence-electron chi connectivity index (χ2n) is 5.25. The number of nitrogens with zero attached hydrogens (tertiary/aromatic N) is 1. The van der Waals surface area contributed by atoms with Crippen molar-refractivity contribution in [3.63, 3.8) is 0 Å². The van der Waals surface area contributed by atoms with Crippen LogP contribution < -0.4 is 5.32 Å². The molecule has 4 nitrogen and oxygen atoms in total. The average Bonchev–Trinajstić information content (AvgIpc) is 3.23. The van der Waals surface area contributed by atoms with Gasteiger partial charge in [-0.1, -0.05) is 6.07 Å². The van der Waals surface area contributed by atoms with Gasteiger partial charge in [0.1, 0.15) is 5.75 Å². The van der Waals surface area contributed by atoms with Crippen LogP contribution in [0.25, 0.3) is 0 Å². The fraction of sp³-hybridized carbons (Fsp3) is 0.250. The van der Waals surface area contributed by atoms with E-state index in [-0.39, 0.29) is 17.2 Å². The molecule has 1 aromatic heterocycles. The minimum atomic E-state index is -0.315. The molecule has 0 bridgehead atoms. The first-order valence-electron chi connectivity index (χ1n) is 6.64. The lowest BCUT2D eigenvalue weighted by Gasteiger charge is -2.17. The summed E-state index contributed by atoms with van der Waals surface area (Å²) in [6.07, 6.45) is 3.56. The van der Waals surface area contributed by atoms with Gasteiger partial charge in [-0.3, -0.25) is 9.78 Å². The summed E-state index contributed by atoms with van der Waals surface area (Å²) in [7, 11) is 0. The topological polar surface area (TPSA) is 62.2 Å². The van der Waals surface area contributed by atoms with E-state index in [9.17, 15) is 9.90 Å². The molecule has 0 unspecified atom stereocenters. The van der Waals surface area contributed by atoms with Gasteiger partial charge in [-0.25, -0.2) is 0 Å². The Bertz CT molecular complexity index is 649. The molecule has 1 amide bonds. The Morgan fingerprint density at radius 2 is 2.10 bits per heavy atom. The summed E-state index contributed by atoms with van der Waals surface area (Å²) < 4.78 is 0. The van der Waals surface area contributed by atoms with Gasteiger partial charge in [0.05, 0.1) is 11.2 Å². The summed E-state index contributed by atoms with van der Waals surface area (Å²) in [6, 6.07) is 10.6. The molecule has 1 heterocycles. The maximum Gasteiger partial charge on any atom is 0.252 e. The Hall–Kier alpha value is -2.36. The first-order valence-corrected chi connectivity index (χ1v) is 6.64. The Balaban J connectivity index is 1.81. The van der Waals surface area contributed by atoms with Crippen molar-refractivity contribution in [1.29, 1.82) is 0 Å². The minimum Gasteiger partial charge on any atom is -0.508 e. The van der Waals surface area contributed by atoms with Crippen LogP contribution in [-0.2, 0) is 5.54 Å². The number of carbonyl (C=O) groups excluding carboxylic acids is 1. The standard InChI is InChI=1S/C16H16N2O2/c1-11-10-12(5-6-13(11)19)15(20)18-16(7-8-16)14-4-2-3-9-17-14/h2-6,9-10,19H,7-8H2,1H3,(H,18,20). The summed E-state index contributed by atoms with van der Waals surface area (Å²) in [5.74, 6) is 0.0728. The number of pyridine rings is 1. The van der Waals surface area contributed by atoms with Crippen molar-refractivity contribution in [2.24, 2.45) is 0 Å². The van der Waals surface area contributed by atoms with Gasteiger partial charge in [0.15, 0.2) is 0 Å². The summed E-state index contributed by atoms with van der Waals surface area (Å²) in [4.78, 5) is 16.7. The lowest BCUT2D eigenvalue weighted by molar-refractivity contribution is 0.0929. The number of benzene rings is 1. The van der Waals surface area contributed by atoms with Crippen LogP contribution in [0.15, 0.2) is 42.6 Å². The Kier molecular flexibility index (Phi) is 2.93. The molecule has 20 heavy (non-hydrogen) atoms. The number of phenolic OH excluding ortho intramolecular Hbond substituents is 1. The van der Waals surface area contributed by atoms with Crippen molar-refractivity contribution in [3.05, 3.63) is 59.4 Å². The third-order valence-electron chi connectivity index (χ3n) is 3.72. The molecule has 0 atom stereocenters. The molecule has 3 rings (SSSR count). The Labute approximate surface area is 117 Å². The number of phenols is 1. The normalized spacial score (nSPS) is 15.7. The van der Waals surface area contributed by atoms with Crippen LogP contribution in [0.1, 0.15) is 34.5 Å². The van der Waals surface area contributed by atoms with Crippen molar-refractivity contribution in [3.8, 4) is 5.75 Å². The molecule has 2 aromatic rings.